The summed E-state index contributed by atoms with van der Waals surface area (Å²) in [5, 5.41) is 0. The highest BCUT2D eigenvalue weighted by Crippen LogP contribution is 1.91. The molecule has 1 fully saturated rings. The first-order valence-electron chi connectivity index (χ1n) is 3.43. The van der Waals surface area contributed by atoms with Crippen LogP contribution < -0.4 is 5.73 Å². The summed E-state index contributed by atoms with van der Waals surface area (Å²) in [4.78, 5) is 2.17. The van der Waals surface area contributed by atoms with E-state index in [4.69, 9.17) is 10.5 Å². The zero-order chi connectivity index (χ0) is 7.82. The Kier molecular flexibility index (Phi) is 6.48. The van der Waals surface area contributed by atoms with Gasteiger partial charge in [-0.05, 0) is 0 Å². The minimum atomic E-state index is 0.670. The first-order chi connectivity index (χ1) is 4.93. The van der Waals surface area contributed by atoms with E-state index in [1.54, 1.807) is 0 Å². The second kappa shape index (κ2) is 6.74. The standard InChI is InChI=1S/C5H12N2O.C2H4/c6-5-7-1-3-8-4-2-7;1-2/h1-6H2;1-2H2. The van der Waals surface area contributed by atoms with Gasteiger partial charge in [0.25, 0.3) is 0 Å². The molecule has 3 nitrogen and oxygen atoms in total. The largest absolute Gasteiger partial charge is 0.379 e. The molecule has 0 aromatic heterocycles. The van der Waals surface area contributed by atoms with Crippen molar-refractivity contribution in [1.82, 2.24) is 4.90 Å². The molecule has 1 aliphatic heterocycles. The Bertz CT molecular complexity index is 72.0. The Morgan fingerprint density at radius 2 is 1.80 bits per heavy atom. The lowest BCUT2D eigenvalue weighted by molar-refractivity contribution is 0.0391. The maximum absolute atomic E-state index is 5.37. The molecular formula is C7H16N2O. The molecule has 10 heavy (non-hydrogen) atoms. The Morgan fingerprint density at radius 1 is 1.30 bits per heavy atom. The Labute approximate surface area is 62.5 Å². The van der Waals surface area contributed by atoms with Gasteiger partial charge in [0.15, 0.2) is 0 Å². The van der Waals surface area contributed by atoms with Gasteiger partial charge in [-0.15, -0.1) is 13.2 Å². The zero-order valence-corrected chi connectivity index (χ0v) is 6.38. The smallest absolute Gasteiger partial charge is 0.0594 e. The molecule has 1 aliphatic rings. The van der Waals surface area contributed by atoms with Crippen molar-refractivity contribution in [3.05, 3.63) is 13.2 Å². The van der Waals surface area contributed by atoms with Crippen molar-refractivity contribution in [2.24, 2.45) is 5.73 Å². The zero-order valence-electron chi connectivity index (χ0n) is 6.38. The van der Waals surface area contributed by atoms with Crippen molar-refractivity contribution >= 4 is 0 Å². The molecular weight excluding hydrogens is 128 g/mol. The number of morpholine rings is 1. The molecule has 0 bridgehead atoms. The van der Waals surface area contributed by atoms with E-state index in [-0.39, 0.29) is 0 Å². The average molecular weight is 144 g/mol. The molecule has 1 saturated heterocycles. The third-order valence-electron chi connectivity index (χ3n) is 1.36. The fourth-order valence-electron chi connectivity index (χ4n) is 0.784. The van der Waals surface area contributed by atoms with Crippen LogP contribution in [0.5, 0.6) is 0 Å². The fraction of sp³-hybridized carbons (Fsp3) is 0.714. The van der Waals surface area contributed by atoms with Crippen LogP contribution in [0.4, 0.5) is 0 Å². The number of ether oxygens (including phenoxy) is 1. The van der Waals surface area contributed by atoms with Crippen LogP contribution in [0.2, 0.25) is 0 Å². The van der Waals surface area contributed by atoms with E-state index in [1.807, 2.05) is 0 Å². The predicted octanol–water partition coefficient (Wildman–Crippen LogP) is 0.0370. The van der Waals surface area contributed by atoms with Gasteiger partial charge in [-0.2, -0.15) is 0 Å². The van der Waals surface area contributed by atoms with E-state index in [1.165, 1.54) is 0 Å². The van der Waals surface area contributed by atoms with Gasteiger partial charge in [0.2, 0.25) is 0 Å². The van der Waals surface area contributed by atoms with E-state index in [0.29, 0.717) is 6.67 Å². The quantitative estimate of drug-likeness (QED) is 0.528. The van der Waals surface area contributed by atoms with Crippen LogP contribution in [0.1, 0.15) is 0 Å². The Morgan fingerprint density at radius 3 is 2.10 bits per heavy atom. The summed E-state index contributed by atoms with van der Waals surface area (Å²) in [6, 6.07) is 0. The molecule has 0 atom stereocenters. The molecule has 2 N–H and O–H groups in total. The average Bonchev–Trinajstić information content (AvgIpc) is 2.10. The SMILES string of the molecule is C=C.NCN1CCOCC1. The van der Waals surface area contributed by atoms with Gasteiger partial charge in [-0.1, -0.05) is 0 Å². The Hall–Kier alpha value is -0.380. The lowest BCUT2D eigenvalue weighted by Gasteiger charge is -2.24. The number of nitrogens with two attached hydrogens (primary N) is 1. The van der Waals surface area contributed by atoms with Crippen molar-refractivity contribution in [1.29, 1.82) is 0 Å². The predicted molar refractivity (Wildman–Crippen MR) is 42.7 cm³/mol. The van der Waals surface area contributed by atoms with E-state index < -0.39 is 0 Å². The van der Waals surface area contributed by atoms with E-state index in [9.17, 15) is 0 Å². The van der Waals surface area contributed by atoms with Crippen molar-refractivity contribution in [3.63, 3.8) is 0 Å². The van der Waals surface area contributed by atoms with Gasteiger partial charge >= 0.3 is 0 Å². The molecule has 0 saturated carbocycles. The first kappa shape index (κ1) is 9.62. The topological polar surface area (TPSA) is 38.5 Å². The molecule has 60 valence electrons. The highest BCUT2D eigenvalue weighted by Gasteiger charge is 2.06. The summed E-state index contributed by atoms with van der Waals surface area (Å²) in [5.41, 5.74) is 5.37. The van der Waals surface area contributed by atoms with Gasteiger partial charge in [0.1, 0.15) is 0 Å². The molecule has 0 spiro atoms. The van der Waals surface area contributed by atoms with Crippen molar-refractivity contribution in [2.75, 3.05) is 33.0 Å². The monoisotopic (exact) mass is 144 g/mol. The van der Waals surface area contributed by atoms with Crippen molar-refractivity contribution < 1.29 is 4.74 Å². The summed E-state index contributed by atoms with van der Waals surface area (Å²) < 4.78 is 5.10. The van der Waals surface area contributed by atoms with Crippen LogP contribution in [0.25, 0.3) is 0 Å². The highest BCUT2D eigenvalue weighted by molar-refractivity contribution is 4.57. The lowest BCUT2D eigenvalue weighted by Crippen LogP contribution is -2.39. The summed E-state index contributed by atoms with van der Waals surface area (Å²) in [7, 11) is 0. The van der Waals surface area contributed by atoms with Crippen molar-refractivity contribution in [2.45, 2.75) is 0 Å². The minimum Gasteiger partial charge on any atom is -0.379 e. The molecule has 0 aliphatic carbocycles. The highest BCUT2D eigenvalue weighted by atomic mass is 16.5. The van der Waals surface area contributed by atoms with Gasteiger partial charge in [-0.3, -0.25) is 4.90 Å². The van der Waals surface area contributed by atoms with Crippen LogP contribution in [0, 0.1) is 0 Å². The molecule has 0 aromatic carbocycles. The Balaban J connectivity index is 0.000000371. The van der Waals surface area contributed by atoms with Crippen molar-refractivity contribution in [3.8, 4) is 0 Å². The lowest BCUT2D eigenvalue weighted by atomic mass is 10.5. The number of rotatable bonds is 1. The number of hydrogen-bond acceptors (Lipinski definition) is 3. The van der Waals surface area contributed by atoms with Gasteiger partial charge in [0, 0.05) is 19.8 Å². The second-order valence-electron chi connectivity index (χ2n) is 1.91. The molecule has 3 heteroatoms. The number of nitrogens with zero attached hydrogens (tertiary/aromatic N) is 1. The van der Waals surface area contributed by atoms with Crippen LogP contribution >= 0.6 is 0 Å². The third-order valence-corrected chi connectivity index (χ3v) is 1.36. The van der Waals surface area contributed by atoms with Gasteiger partial charge in [-0.25, -0.2) is 0 Å². The normalized spacial score (nSPS) is 19.3. The molecule has 0 aromatic rings. The first-order valence-corrected chi connectivity index (χ1v) is 3.43. The molecule has 0 amide bonds. The molecule has 1 heterocycles. The second-order valence-corrected chi connectivity index (χ2v) is 1.91. The van der Waals surface area contributed by atoms with Gasteiger partial charge in [0.05, 0.1) is 13.2 Å². The third kappa shape index (κ3) is 3.61. The van der Waals surface area contributed by atoms with Crippen LogP contribution in [-0.4, -0.2) is 37.9 Å². The van der Waals surface area contributed by atoms with E-state index in [2.05, 4.69) is 18.1 Å². The fourth-order valence-corrected chi connectivity index (χ4v) is 0.784. The molecule has 0 radical (unpaired) electrons. The van der Waals surface area contributed by atoms with Crippen LogP contribution in [-0.2, 0) is 4.74 Å². The maximum atomic E-state index is 5.37. The van der Waals surface area contributed by atoms with Gasteiger partial charge < -0.3 is 10.5 Å². The summed E-state index contributed by atoms with van der Waals surface area (Å²) in [6.45, 7) is 10.4. The summed E-state index contributed by atoms with van der Waals surface area (Å²) in [5.74, 6) is 0. The van der Waals surface area contributed by atoms with E-state index in [0.717, 1.165) is 26.3 Å². The maximum Gasteiger partial charge on any atom is 0.0594 e. The molecule has 0 unspecified atom stereocenters. The summed E-state index contributed by atoms with van der Waals surface area (Å²) in [6.07, 6.45) is 0. The summed E-state index contributed by atoms with van der Waals surface area (Å²) >= 11 is 0. The van der Waals surface area contributed by atoms with E-state index >= 15 is 0 Å². The van der Waals surface area contributed by atoms with Crippen LogP contribution in [0.3, 0.4) is 0 Å². The number of hydrogen-bond donors (Lipinski definition) is 1. The molecule has 1 rings (SSSR count). The van der Waals surface area contributed by atoms with Crippen LogP contribution in [0.15, 0.2) is 13.2 Å². The minimum absolute atomic E-state index is 0.670.